The Balaban J connectivity index is 1.70. The maximum Gasteiger partial charge on any atom is 0.234 e. The summed E-state index contributed by atoms with van der Waals surface area (Å²) in [7, 11) is 3.13. The monoisotopic (exact) mass is 413 g/mol. The number of pyridine rings is 1. The summed E-state index contributed by atoms with van der Waals surface area (Å²) >= 11 is 1.34. The van der Waals surface area contributed by atoms with Crippen LogP contribution in [0.15, 0.2) is 47.9 Å². The van der Waals surface area contributed by atoms with E-state index in [0.717, 1.165) is 24.4 Å². The van der Waals surface area contributed by atoms with Gasteiger partial charge in [0.25, 0.3) is 0 Å². The molecular weight excluding hydrogens is 390 g/mol. The summed E-state index contributed by atoms with van der Waals surface area (Å²) in [5, 5.41) is 12.1. The van der Waals surface area contributed by atoms with Crippen molar-refractivity contribution in [2.24, 2.45) is 0 Å². The first-order valence-electron chi connectivity index (χ1n) is 9.14. The van der Waals surface area contributed by atoms with Crippen molar-refractivity contribution in [1.82, 2.24) is 19.7 Å². The number of benzene rings is 1. The van der Waals surface area contributed by atoms with E-state index in [9.17, 15) is 4.79 Å². The number of hydrogen-bond acceptors (Lipinski definition) is 7. The largest absolute Gasteiger partial charge is 0.497 e. The maximum atomic E-state index is 12.5. The van der Waals surface area contributed by atoms with Crippen LogP contribution < -0.4 is 14.8 Å². The van der Waals surface area contributed by atoms with Crippen LogP contribution in [0.25, 0.3) is 11.4 Å². The van der Waals surface area contributed by atoms with E-state index in [1.165, 1.54) is 11.8 Å². The molecule has 0 saturated carbocycles. The van der Waals surface area contributed by atoms with Crippen LogP contribution >= 0.6 is 11.8 Å². The van der Waals surface area contributed by atoms with Crippen LogP contribution in [0.5, 0.6) is 11.5 Å². The van der Waals surface area contributed by atoms with E-state index in [2.05, 4.69) is 27.4 Å². The molecule has 8 nitrogen and oxygen atoms in total. The van der Waals surface area contributed by atoms with Crippen molar-refractivity contribution >= 4 is 23.4 Å². The predicted octanol–water partition coefficient (Wildman–Crippen LogP) is 3.50. The summed E-state index contributed by atoms with van der Waals surface area (Å²) in [6, 6.07) is 9.05. The average Bonchev–Trinajstić information content (AvgIpc) is 3.16. The zero-order valence-electron chi connectivity index (χ0n) is 16.6. The number of nitrogens with one attached hydrogen (secondary N) is 1. The van der Waals surface area contributed by atoms with E-state index in [1.807, 2.05) is 16.7 Å². The third-order valence-corrected chi connectivity index (χ3v) is 5.07. The number of thioether (sulfide) groups is 1. The molecule has 9 heteroatoms. The van der Waals surface area contributed by atoms with Gasteiger partial charge in [-0.25, -0.2) is 0 Å². The van der Waals surface area contributed by atoms with Gasteiger partial charge in [-0.05, 0) is 30.7 Å². The molecule has 0 radical (unpaired) electrons. The zero-order valence-corrected chi connectivity index (χ0v) is 17.4. The number of carbonyl (C=O) groups excluding carboxylic acids is 1. The first kappa shape index (κ1) is 20.7. The fraction of sp³-hybridized carbons (Fsp3) is 0.300. The molecule has 1 amide bonds. The Kier molecular flexibility index (Phi) is 7.07. The molecule has 0 aliphatic carbocycles. The molecule has 0 fully saturated rings. The lowest BCUT2D eigenvalue weighted by molar-refractivity contribution is -0.113. The standard InChI is InChI=1S/C20H23N5O3S/c1-4-10-25-19(14-6-5-9-21-12-14)23-24-20(25)29-13-18(26)22-16-8-7-15(27-2)11-17(16)28-3/h5-9,11-12H,4,10,13H2,1-3H3,(H,22,26). The normalized spacial score (nSPS) is 10.6. The molecule has 29 heavy (non-hydrogen) atoms. The lowest BCUT2D eigenvalue weighted by Gasteiger charge is -2.12. The lowest BCUT2D eigenvalue weighted by atomic mass is 10.2. The van der Waals surface area contributed by atoms with E-state index in [-0.39, 0.29) is 11.7 Å². The van der Waals surface area contributed by atoms with E-state index in [4.69, 9.17) is 9.47 Å². The summed E-state index contributed by atoms with van der Waals surface area (Å²) in [4.78, 5) is 16.6. The number of carbonyl (C=O) groups is 1. The number of methoxy groups -OCH3 is 2. The molecule has 2 heterocycles. The molecule has 1 N–H and O–H groups in total. The minimum Gasteiger partial charge on any atom is -0.497 e. The minimum absolute atomic E-state index is 0.160. The lowest BCUT2D eigenvalue weighted by Crippen LogP contribution is -2.15. The van der Waals surface area contributed by atoms with Gasteiger partial charge >= 0.3 is 0 Å². The smallest absolute Gasteiger partial charge is 0.234 e. The van der Waals surface area contributed by atoms with Crippen molar-refractivity contribution in [1.29, 1.82) is 0 Å². The molecule has 3 rings (SSSR count). The molecule has 0 aliphatic heterocycles. The second kappa shape index (κ2) is 9.92. The van der Waals surface area contributed by atoms with Crippen LogP contribution in [0.2, 0.25) is 0 Å². The van der Waals surface area contributed by atoms with Crippen LogP contribution in [0.1, 0.15) is 13.3 Å². The molecule has 0 bridgehead atoms. The van der Waals surface area contributed by atoms with Gasteiger partial charge in [0.1, 0.15) is 11.5 Å². The fourth-order valence-electron chi connectivity index (χ4n) is 2.75. The topological polar surface area (TPSA) is 91.2 Å². The Morgan fingerprint density at radius 3 is 2.76 bits per heavy atom. The van der Waals surface area contributed by atoms with Crippen molar-refractivity contribution in [3.05, 3.63) is 42.7 Å². The van der Waals surface area contributed by atoms with Gasteiger partial charge in [-0.2, -0.15) is 0 Å². The van der Waals surface area contributed by atoms with Gasteiger partial charge < -0.3 is 19.4 Å². The highest BCUT2D eigenvalue weighted by Gasteiger charge is 2.16. The number of amides is 1. The Labute approximate surface area is 173 Å². The Morgan fingerprint density at radius 1 is 1.21 bits per heavy atom. The van der Waals surface area contributed by atoms with Gasteiger partial charge in [0.2, 0.25) is 5.91 Å². The number of anilines is 1. The van der Waals surface area contributed by atoms with Gasteiger partial charge in [-0.15, -0.1) is 10.2 Å². The second-order valence-electron chi connectivity index (χ2n) is 6.10. The molecule has 0 atom stereocenters. The predicted molar refractivity (Wildman–Crippen MR) is 112 cm³/mol. The summed E-state index contributed by atoms with van der Waals surface area (Å²) < 4.78 is 12.5. The van der Waals surface area contributed by atoms with Crippen LogP contribution in [-0.2, 0) is 11.3 Å². The molecule has 0 spiro atoms. The van der Waals surface area contributed by atoms with Gasteiger partial charge in [-0.3, -0.25) is 9.78 Å². The summed E-state index contributed by atoms with van der Waals surface area (Å²) in [6.45, 7) is 2.84. The number of hydrogen-bond donors (Lipinski definition) is 1. The Bertz CT molecular complexity index is 962. The van der Waals surface area contributed by atoms with Crippen molar-refractivity contribution in [3.63, 3.8) is 0 Å². The third kappa shape index (κ3) is 5.05. The number of ether oxygens (including phenoxy) is 2. The van der Waals surface area contributed by atoms with Gasteiger partial charge in [0.05, 0.1) is 25.7 Å². The number of rotatable bonds is 9. The number of nitrogens with zero attached hydrogens (tertiary/aromatic N) is 4. The first-order chi connectivity index (χ1) is 14.2. The van der Waals surface area contributed by atoms with Crippen LogP contribution in [-0.4, -0.2) is 45.6 Å². The molecular formula is C20H23N5O3S. The van der Waals surface area contributed by atoms with Crippen LogP contribution in [0.4, 0.5) is 5.69 Å². The van der Waals surface area contributed by atoms with E-state index >= 15 is 0 Å². The van der Waals surface area contributed by atoms with Crippen molar-refractivity contribution in [2.75, 3.05) is 25.3 Å². The van der Waals surface area contributed by atoms with E-state index in [1.54, 1.807) is 44.8 Å². The Morgan fingerprint density at radius 2 is 2.07 bits per heavy atom. The second-order valence-corrected chi connectivity index (χ2v) is 7.05. The van der Waals surface area contributed by atoms with Gasteiger partial charge in [0, 0.05) is 30.6 Å². The summed E-state index contributed by atoms with van der Waals surface area (Å²) in [5.41, 5.74) is 1.48. The molecule has 152 valence electrons. The van der Waals surface area contributed by atoms with Crippen molar-refractivity contribution in [3.8, 4) is 22.9 Å². The quantitative estimate of drug-likeness (QED) is 0.537. The highest BCUT2D eigenvalue weighted by atomic mass is 32.2. The van der Waals surface area contributed by atoms with Crippen molar-refractivity contribution < 1.29 is 14.3 Å². The molecule has 0 aliphatic rings. The molecule has 0 saturated heterocycles. The molecule has 1 aromatic carbocycles. The molecule has 2 aromatic heterocycles. The van der Waals surface area contributed by atoms with Gasteiger partial charge in [-0.1, -0.05) is 18.7 Å². The summed E-state index contributed by atoms with van der Waals surface area (Å²) in [5.74, 6) is 1.98. The summed E-state index contributed by atoms with van der Waals surface area (Å²) in [6.07, 6.45) is 4.40. The van der Waals surface area contributed by atoms with Crippen molar-refractivity contribution in [2.45, 2.75) is 25.0 Å². The fourth-order valence-corrected chi connectivity index (χ4v) is 3.51. The van der Waals surface area contributed by atoms with E-state index in [0.29, 0.717) is 22.3 Å². The van der Waals surface area contributed by atoms with E-state index < -0.39 is 0 Å². The zero-order chi connectivity index (χ0) is 20.6. The minimum atomic E-state index is -0.160. The Hall–Kier alpha value is -3.07. The molecule has 0 unspecified atom stereocenters. The first-order valence-corrected chi connectivity index (χ1v) is 10.1. The van der Waals surface area contributed by atoms with Gasteiger partial charge in [0.15, 0.2) is 11.0 Å². The third-order valence-electron chi connectivity index (χ3n) is 4.10. The number of aromatic nitrogens is 4. The van der Waals surface area contributed by atoms with Crippen LogP contribution in [0.3, 0.4) is 0 Å². The highest BCUT2D eigenvalue weighted by Crippen LogP contribution is 2.29. The average molecular weight is 414 g/mol. The highest BCUT2D eigenvalue weighted by molar-refractivity contribution is 7.99. The molecule has 3 aromatic rings. The maximum absolute atomic E-state index is 12.5. The SMILES string of the molecule is CCCn1c(SCC(=O)Nc2ccc(OC)cc2OC)nnc1-c1cccnc1. The van der Waals surface area contributed by atoms with Crippen LogP contribution in [0, 0.1) is 0 Å².